The largest absolute Gasteiger partial charge is 0.299 e. The molecule has 0 aliphatic carbocycles. The van der Waals surface area contributed by atoms with Gasteiger partial charge in [0.25, 0.3) is 10.1 Å². The summed E-state index contributed by atoms with van der Waals surface area (Å²) in [6.07, 6.45) is 20.6. The van der Waals surface area contributed by atoms with Crippen LogP contribution < -0.4 is 0 Å². The van der Waals surface area contributed by atoms with Gasteiger partial charge in [0.15, 0.2) is 0 Å². The first-order chi connectivity index (χ1) is 13.5. The van der Waals surface area contributed by atoms with E-state index in [2.05, 4.69) is 13.8 Å². The fourth-order valence-corrected chi connectivity index (χ4v) is 4.37. The Morgan fingerprint density at radius 2 is 0.964 bits per heavy atom. The standard InChI is InChI=1S/C23H47FO3S/c1-3-5-7-9-11-13-15-17-19-21-23(24)28(25,26)27-22-20-18-16-14-12-10-8-6-4-2/h23H,3-22H2,1-2H3. The topological polar surface area (TPSA) is 43.4 Å². The summed E-state index contributed by atoms with van der Waals surface area (Å²) in [4.78, 5) is 0. The average Bonchev–Trinajstić information content (AvgIpc) is 2.68. The molecule has 5 heteroatoms. The molecule has 28 heavy (non-hydrogen) atoms. The van der Waals surface area contributed by atoms with Gasteiger partial charge in [-0.3, -0.25) is 4.18 Å². The summed E-state index contributed by atoms with van der Waals surface area (Å²) in [6, 6.07) is 0. The van der Waals surface area contributed by atoms with E-state index < -0.39 is 15.6 Å². The van der Waals surface area contributed by atoms with Crippen LogP contribution in [0.2, 0.25) is 0 Å². The molecule has 0 bridgehead atoms. The maximum Gasteiger partial charge on any atom is 0.299 e. The molecule has 0 saturated carbocycles. The summed E-state index contributed by atoms with van der Waals surface area (Å²) >= 11 is 0. The molecule has 0 aromatic heterocycles. The van der Waals surface area contributed by atoms with Crippen molar-refractivity contribution in [2.75, 3.05) is 6.61 Å². The van der Waals surface area contributed by atoms with E-state index in [1.807, 2.05) is 0 Å². The van der Waals surface area contributed by atoms with E-state index in [0.717, 1.165) is 25.7 Å². The second-order valence-corrected chi connectivity index (χ2v) is 9.90. The van der Waals surface area contributed by atoms with Crippen molar-refractivity contribution in [3.05, 3.63) is 0 Å². The van der Waals surface area contributed by atoms with Gasteiger partial charge >= 0.3 is 0 Å². The van der Waals surface area contributed by atoms with Crippen molar-refractivity contribution in [3.8, 4) is 0 Å². The average molecular weight is 423 g/mol. The number of halogens is 1. The van der Waals surface area contributed by atoms with Crippen molar-refractivity contribution in [1.82, 2.24) is 0 Å². The van der Waals surface area contributed by atoms with E-state index in [0.29, 0.717) is 12.8 Å². The summed E-state index contributed by atoms with van der Waals surface area (Å²) in [7, 11) is -4.04. The van der Waals surface area contributed by atoms with Gasteiger partial charge < -0.3 is 0 Å². The summed E-state index contributed by atoms with van der Waals surface area (Å²) in [5, 5.41) is 0. The van der Waals surface area contributed by atoms with Crippen molar-refractivity contribution in [2.24, 2.45) is 0 Å². The van der Waals surface area contributed by atoms with E-state index in [1.165, 1.54) is 77.0 Å². The summed E-state index contributed by atoms with van der Waals surface area (Å²) < 4.78 is 42.5. The summed E-state index contributed by atoms with van der Waals surface area (Å²) in [5.74, 6) is 0. The third kappa shape index (κ3) is 17.9. The molecule has 0 radical (unpaired) electrons. The van der Waals surface area contributed by atoms with Crippen molar-refractivity contribution < 1.29 is 17.0 Å². The number of hydrogen-bond acceptors (Lipinski definition) is 3. The van der Waals surface area contributed by atoms with E-state index in [-0.39, 0.29) is 13.0 Å². The highest BCUT2D eigenvalue weighted by molar-refractivity contribution is 7.87. The van der Waals surface area contributed by atoms with Gasteiger partial charge in [-0.05, 0) is 19.3 Å². The van der Waals surface area contributed by atoms with Gasteiger partial charge in [0.2, 0.25) is 5.50 Å². The summed E-state index contributed by atoms with van der Waals surface area (Å²) in [5.41, 5.74) is -1.87. The molecule has 0 N–H and O–H groups in total. The monoisotopic (exact) mass is 422 g/mol. The molecule has 170 valence electrons. The van der Waals surface area contributed by atoms with E-state index >= 15 is 0 Å². The molecule has 0 fully saturated rings. The lowest BCUT2D eigenvalue weighted by Crippen LogP contribution is -2.19. The molecule has 0 aromatic rings. The number of rotatable bonds is 22. The van der Waals surface area contributed by atoms with Gasteiger partial charge in [-0.1, -0.05) is 117 Å². The van der Waals surface area contributed by atoms with E-state index in [9.17, 15) is 12.8 Å². The molecule has 0 amide bonds. The van der Waals surface area contributed by atoms with Crippen LogP contribution in [0.1, 0.15) is 136 Å². The van der Waals surface area contributed by atoms with Gasteiger partial charge in [0.05, 0.1) is 6.61 Å². The fourth-order valence-electron chi connectivity index (χ4n) is 3.42. The van der Waals surface area contributed by atoms with E-state index in [4.69, 9.17) is 4.18 Å². The third-order valence-corrected chi connectivity index (χ3v) is 6.70. The first-order valence-corrected chi connectivity index (χ1v) is 13.5. The molecular formula is C23H47FO3S. The highest BCUT2D eigenvalue weighted by Gasteiger charge is 2.25. The second kappa shape index (κ2) is 20.1. The molecular weight excluding hydrogens is 375 g/mol. The highest BCUT2D eigenvalue weighted by atomic mass is 32.2. The Bertz CT molecular complexity index is 412. The fraction of sp³-hybridized carbons (Fsp3) is 1.00. The van der Waals surface area contributed by atoms with Gasteiger partial charge in [-0.25, -0.2) is 4.39 Å². The Morgan fingerprint density at radius 3 is 1.39 bits per heavy atom. The first-order valence-electron chi connectivity index (χ1n) is 12.1. The molecule has 0 heterocycles. The lowest BCUT2D eigenvalue weighted by Gasteiger charge is -2.10. The quantitative estimate of drug-likeness (QED) is 0.131. The van der Waals surface area contributed by atoms with Gasteiger partial charge in [0.1, 0.15) is 0 Å². The van der Waals surface area contributed by atoms with Crippen LogP contribution >= 0.6 is 0 Å². The molecule has 0 aliphatic rings. The van der Waals surface area contributed by atoms with Crippen LogP contribution in [0.15, 0.2) is 0 Å². The Morgan fingerprint density at radius 1 is 0.607 bits per heavy atom. The number of alkyl halides is 1. The minimum atomic E-state index is -4.04. The Hall–Kier alpha value is -0.160. The predicted molar refractivity (Wildman–Crippen MR) is 119 cm³/mol. The Kier molecular flexibility index (Phi) is 20.0. The van der Waals surface area contributed by atoms with Crippen molar-refractivity contribution >= 4 is 10.1 Å². The maximum absolute atomic E-state index is 14.0. The lowest BCUT2D eigenvalue weighted by molar-refractivity contribution is 0.270. The normalized spacial score (nSPS) is 13.1. The van der Waals surface area contributed by atoms with Crippen LogP contribution in [0, 0.1) is 0 Å². The van der Waals surface area contributed by atoms with Crippen molar-refractivity contribution in [2.45, 2.75) is 141 Å². The maximum atomic E-state index is 14.0. The molecule has 0 spiro atoms. The molecule has 1 atom stereocenters. The number of hydrogen-bond donors (Lipinski definition) is 0. The van der Waals surface area contributed by atoms with Crippen LogP contribution in [-0.4, -0.2) is 20.5 Å². The van der Waals surface area contributed by atoms with Gasteiger partial charge in [0, 0.05) is 0 Å². The molecule has 3 nitrogen and oxygen atoms in total. The molecule has 0 saturated heterocycles. The number of unbranched alkanes of at least 4 members (excludes halogenated alkanes) is 16. The lowest BCUT2D eigenvalue weighted by atomic mass is 10.1. The highest BCUT2D eigenvalue weighted by Crippen LogP contribution is 2.17. The molecule has 0 aliphatic heterocycles. The summed E-state index contributed by atoms with van der Waals surface area (Å²) in [6.45, 7) is 4.55. The first kappa shape index (κ1) is 27.8. The van der Waals surface area contributed by atoms with Crippen molar-refractivity contribution in [1.29, 1.82) is 0 Å². The van der Waals surface area contributed by atoms with E-state index in [1.54, 1.807) is 0 Å². The molecule has 1 unspecified atom stereocenters. The van der Waals surface area contributed by atoms with Crippen LogP contribution in [-0.2, 0) is 14.3 Å². The van der Waals surface area contributed by atoms with Crippen LogP contribution in [0.5, 0.6) is 0 Å². The van der Waals surface area contributed by atoms with Gasteiger partial charge in [-0.15, -0.1) is 0 Å². The molecule has 0 aromatic carbocycles. The molecule has 0 rings (SSSR count). The Balaban J connectivity index is 3.53. The zero-order valence-corrected chi connectivity index (χ0v) is 19.5. The minimum Gasteiger partial charge on any atom is -0.268 e. The zero-order valence-electron chi connectivity index (χ0n) is 18.7. The zero-order chi connectivity index (χ0) is 20.9. The SMILES string of the molecule is CCCCCCCCCCCOS(=O)(=O)C(F)CCCCCCCCCCC. The minimum absolute atomic E-state index is 0.0654. The predicted octanol–water partition coefficient (Wildman–Crippen LogP) is 8.08. The smallest absolute Gasteiger partial charge is 0.268 e. The van der Waals surface area contributed by atoms with Crippen LogP contribution in [0.4, 0.5) is 4.39 Å². The van der Waals surface area contributed by atoms with Crippen molar-refractivity contribution in [3.63, 3.8) is 0 Å². The van der Waals surface area contributed by atoms with Crippen LogP contribution in [0.25, 0.3) is 0 Å². The van der Waals surface area contributed by atoms with Gasteiger partial charge in [-0.2, -0.15) is 8.42 Å². The third-order valence-electron chi connectivity index (χ3n) is 5.34. The Labute approximate surface area is 175 Å². The van der Waals surface area contributed by atoms with Crippen LogP contribution in [0.3, 0.4) is 0 Å². The second-order valence-electron chi connectivity index (χ2n) is 8.17.